The van der Waals surface area contributed by atoms with Crippen molar-refractivity contribution in [2.45, 2.75) is 19.3 Å². The zero-order valence-electron chi connectivity index (χ0n) is 9.41. The van der Waals surface area contributed by atoms with Crippen LogP contribution in [0.25, 0.3) is 4.85 Å². The molecule has 0 heterocycles. The summed E-state index contributed by atoms with van der Waals surface area (Å²) in [5.74, 6) is 0.297. The molecule has 4 nitrogen and oxygen atoms in total. The third-order valence-electron chi connectivity index (χ3n) is 2.94. The molecule has 0 N–H and O–H groups in total. The number of hydrogen-bond donors (Lipinski definition) is 0. The summed E-state index contributed by atoms with van der Waals surface area (Å²) in [4.78, 5) is 15.1. The van der Waals surface area contributed by atoms with Gasteiger partial charge in [0.15, 0.2) is 5.78 Å². The molecule has 0 atom stereocenters. The van der Waals surface area contributed by atoms with Crippen LogP contribution in [0.3, 0.4) is 0 Å². The first kappa shape index (κ1) is 11.2. The van der Waals surface area contributed by atoms with Crippen molar-refractivity contribution >= 4 is 11.5 Å². The van der Waals surface area contributed by atoms with Crippen LogP contribution in [0, 0.1) is 17.9 Å². The van der Waals surface area contributed by atoms with E-state index >= 15 is 0 Å². The van der Waals surface area contributed by atoms with Gasteiger partial charge in [0.2, 0.25) is 5.69 Å². The molecule has 1 aromatic carbocycles. The third kappa shape index (κ3) is 1.64. The van der Waals surface area contributed by atoms with Crippen molar-refractivity contribution in [3.05, 3.63) is 34.2 Å². The van der Waals surface area contributed by atoms with Gasteiger partial charge in [-0.15, -0.1) is 0 Å². The zero-order chi connectivity index (χ0) is 12.4. The summed E-state index contributed by atoms with van der Waals surface area (Å²) in [5, 5.41) is 9.17. The number of methoxy groups -OCH3 is 1. The van der Waals surface area contributed by atoms with Crippen LogP contribution < -0.4 is 4.74 Å². The fourth-order valence-electron chi connectivity index (χ4n) is 2.17. The molecule has 84 valence electrons. The molecule has 1 aliphatic rings. The fraction of sp³-hybridized carbons (Fsp3) is 0.308. The highest BCUT2D eigenvalue weighted by Gasteiger charge is 2.25. The van der Waals surface area contributed by atoms with Crippen LogP contribution in [0.2, 0.25) is 0 Å². The fourth-order valence-corrected chi connectivity index (χ4v) is 2.17. The molecule has 1 aromatic rings. The molecule has 1 aliphatic carbocycles. The molecule has 0 aromatic heterocycles. The van der Waals surface area contributed by atoms with Gasteiger partial charge in [0.1, 0.15) is 11.8 Å². The van der Waals surface area contributed by atoms with Gasteiger partial charge in [-0.25, -0.2) is 4.85 Å². The molecular weight excluding hydrogens is 216 g/mol. The van der Waals surface area contributed by atoms with E-state index in [1.165, 1.54) is 7.11 Å². The average molecular weight is 226 g/mol. The number of carbonyl (C=O) groups is 1. The molecule has 17 heavy (non-hydrogen) atoms. The number of ketones is 1. The Morgan fingerprint density at radius 2 is 2.29 bits per heavy atom. The van der Waals surface area contributed by atoms with Gasteiger partial charge in [0, 0.05) is 12.0 Å². The maximum Gasteiger partial charge on any atom is 0.230 e. The minimum atomic E-state index is 0.00954. The number of nitrogens with zero attached hydrogens (tertiary/aromatic N) is 2. The Morgan fingerprint density at radius 3 is 2.88 bits per heavy atom. The summed E-state index contributed by atoms with van der Waals surface area (Å²) in [6.45, 7) is 7.07. The smallest absolute Gasteiger partial charge is 0.230 e. The Bertz CT molecular complexity index is 577. The molecule has 4 heteroatoms. The Hall–Kier alpha value is -2.33. The molecule has 0 unspecified atom stereocenters. The normalized spacial score (nSPS) is 13.5. The van der Waals surface area contributed by atoms with E-state index < -0.39 is 0 Å². The second kappa shape index (κ2) is 4.27. The van der Waals surface area contributed by atoms with Gasteiger partial charge < -0.3 is 4.74 Å². The predicted octanol–water partition coefficient (Wildman–Crippen LogP) is 2.64. The van der Waals surface area contributed by atoms with Gasteiger partial charge in [-0.3, -0.25) is 4.79 Å². The Labute approximate surface area is 99.3 Å². The largest absolute Gasteiger partial charge is 0.506 e. The molecule has 0 bridgehead atoms. The van der Waals surface area contributed by atoms with E-state index in [0.29, 0.717) is 24.0 Å². The first-order valence-electron chi connectivity index (χ1n) is 5.27. The number of rotatable bonds is 1. The third-order valence-corrected chi connectivity index (χ3v) is 2.94. The van der Waals surface area contributed by atoms with Gasteiger partial charge >= 0.3 is 0 Å². The summed E-state index contributed by atoms with van der Waals surface area (Å²) in [6.07, 6.45) is 1.93. The lowest BCUT2D eigenvalue weighted by Crippen LogP contribution is -2.13. The first-order valence-corrected chi connectivity index (χ1v) is 5.27. The van der Waals surface area contributed by atoms with E-state index in [9.17, 15) is 4.79 Å². The highest BCUT2D eigenvalue weighted by atomic mass is 16.5. The maximum atomic E-state index is 11.8. The van der Waals surface area contributed by atoms with Crippen molar-refractivity contribution in [2.75, 3.05) is 7.11 Å². The van der Waals surface area contributed by atoms with E-state index in [-0.39, 0.29) is 17.2 Å². The number of Topliss-reactive ketones (excluding diaryl/α,β-unsaturated/α-hetero) is 1. The van der Waals surface area contributed by atoms with Gasteiger partial charge in [-0.2, -0.15) is 5.26 Å². The molecule has 0 spiro atoms. The summed E-state index contributed by atoms with van der Waals surface area (Å²) in [5.41, 5.74) is 1.81. The van der Waals surface area contributed by atoms with E-state index in [1.54, 1.807) is 6.07 Å². The second-order valence-corrected chi connectivity index (χ2v) is 3.83. The molecule has 2 rings (SSSR count). The lowest BCUT2D eigenvalue weighted by molar-refractivity contribution is 0.0972. The van der Waals surface area contributed by atoms with Crippen LogP contribution in [0.15, 0.2) is 6.07 Å². The summed E-state index contributed by atoms with van der Waals surface area (Å²) in [7, 11) is 1.43. The highest BCUT2D eigenvalue weighted by molar-refractivity contribution is 6.00. The molecule has 0 fully saturated rings. The number of benzene rings is 1. The maximum absolute atomic E-state index is 11.8. The molecule has 0 saturated heterocycles. The predicted molar refractivity (Wildman–Crippen MR) is 61.2 cm³/mol. The number of nitriles is 1. The van der Waals surface area contributed by atoms with Gasteiger partial charge in [-0.05, 0) is 24.5 Å². The van der Waals surface area contributed by atoms with Crippen LogP contribution >= 0.6 is 0 Å². The highest BCUT2D eigenvalue weighted by Crippen LogP contribution is 2.38. The van der Waals surface area contributed by atoms with Crippen LogP contribution in [0.4, 0.5) is 5.69 Å². The number of ether oxygens (including phenoxy) is 1. The first-order chi connectivity index (χ1) is 8.22. The van der Waals surface area contributed by atoms with Crippen molar-refractivity contribution in [1.29, 1.82) is 5.26 Å². The Balaban J connectivity index is 2.80. The summed E-state index contributed by atoms with van der Waals surface area (Å²) in [6, 6.07) is 3.59. The lowest BCUT2D eigenvalue weighted by Gasteiger charge is -2.18. The molecule has 0 amide bonds. The SMILES string of the molecule is [C-]#[N+]c1cc2c(c(C#N)c1OC)CCCC2=O. The van der Waals surface area contributed by atoms with Crippen molar-refractivity contribution in [2.24, 2.45) is 0 Å². The standard InChI is InChI=1S/C13H10N2O2/c1-15-11-6-9-8(4-3-5-12(9)16)10(7-14)13(11)17-2/h6H,3-5H2,2H3. The van der Waals surface area contributed by atoms with Crippen LogP contribution in [0.1, 0.15) is 34.3 Å². The number of hydrogen-bond acceptors (Lipinski definition) is 3. The zero-order valence-corrected chi connectivity index (χ0v) is 9.41. The van der Waals surface area contributed by atoms with Gasteiger partial charge in [-0.1, -0.05) is 0 Å². The van der Waals surface area contributed by atoms with Crippen molar-refractivity contribution in [3.8, 4) is 11.8 Å². The molecule has 0 radical (unpaired) electrons. The monoisotopic (exact) mass is 226 g/mol. The van der Waals surface area contributed by atoms with Crippen molar-refractivity contribution in [3.63, 3.8) is 0 Å². The van der Waals surface area contributed by atoms with Crippen LogP contribution in [-0.4, -0.2) is 12.9 Å². The molecular formula is C13H10N2O2. The van der Waals surface area contributed by atoms with Gasteiger partial charge in [0.05, 0.1) is 19.2 Å². The van der Waals surface area contributed by atoms with Crippen molar-refractivity contribution in [1.82, 2.24) is 0 Å². The van der Waals surface area contributed by atoms with Crippen molar-refractivity contribution < 1.29 is 9.53 Å². The van der Waals surface area contributed by atoms with E-state index in [1.807, 2.05) is 6.07 Å². The lowest BCUT2D eigenvalue weighted by atomic mass is 9.86. The van der Waals surface area contributed by atoms with Crippen LogP contribution in [-0.2, 0) is 6.42 Å². The minimum Gasteiger partial charge on any atom is -0.506 e. The van der Waals surface area contributed by atoms with Crippen LogP contribution in [0.5, 0.6) is 5.75 Å². The molecule has 0 saturated carbocycles. The summed E-state index contributed by atoms with van der Waals surface area (Å²) < 4.78 is 5.11. The van der Waals surface area contributed by atoms with E-state index in [2.05, 4.69) is 4.85 Å². The Morgan fingerprint density at radius 1 is 1.53 bits per heavy atom. The number of carbonyl (C=O) groups excluding carboxylic acids is 1. The second-order valence-electron chi connectivity index (χ2n) is 3.83. The minimum absolute atomic E-state index is 0.00954. The topological polar surface area (TPSA) is 54.4 Å². The number of fused-ring (bicyclic) bond motifs is 1. The quantitative estimate of drug-likeness (QED) is 0.691. The van der Waals surface area contributed by atoms with E-state index in [0.717, 1.165) is 12.0 Å². The summed E-state index contributed by atoms with van der Waals surface area (Å²) >= 11 is 0. The van der Waals surface area contributed by atoms with Gasteiger partial charge in [0.25, 0.3) is 0 Å². The van der Waals surface area contributed by atoms with E-state index in [4.69, 9.17) is 16.6 Å². The molecule has 0 aliphatic heterocycles. The average Bonchev–Trinajstić information content (AvgIpc) is 2.36. The Kier molecular flexibility index (Phi) is 2.80.